The van der Waals surface area contributed by atoms with E-state index in [0.717, 1.165) is 22.0 Å². The third-order valence-electron chi connectivity index (χ3n) is 3.21. The minimum atomic E-state index is 0.697. The second-order valence-corrected chi connectivity index (χ2v) is 6.01. The van der Waals surface area contributed by atoms with E-state index >= 15 is 0 Å². The molecule has 0 fully saturated rings. The van der Waals surface area contributed by atoms with Crippen LogP contribution in [0, 0.1) is 6.92 Å². The quantitative estimate of drug-likeness (QED) is 0.527. The molecular formula is C17H14ClN3S. The fraction of sp³-hybridized carbons (Fsp3) is 0.0588. The molecule has 1 heterocycles. The molecule has 0 aliphatic heterocycles. The number of aromatic nitrogens is 1. The first-order valence-electron chi connectivity index (χ1n) is 6.79. The molecule has 0 radical (unpaired) electrons. The van der Waals surface area contributed by atoms with Crippen molar-refractivity contribution in [2.24, 2.45) is 5.10 Å². The molecule has 3 aromatic rings. The third kappa shape index (κ3) is 3.35. The van der Waals surface area contributed by atoms with Crippen molar-refractivity contribution in [1.82, 2.24) is 4.98 Å². The minimum absolute atomic E-state index is 0.697. The lowest BCUT2D eigenvalue weighted by Gasteiger charge is -1.99. The van der Waals surface area contributed by atoms with Gasteiger partial charge in [-0.15, -0.1) is 11.3 Å². The maximum atomic E-state index is 6.18. The first-order valence-corrected chi connectivity index (χ1v) is 8.05. The Morgan fingerprint density at radius 3 is 2.73 bits per heavy atom. The number of anilines is 1. The Labute approximate surface area is 138 Å². The van der Waals surface area contributed by atoms with Gasteiger partial charge in [-0.3, -0.25) is 5.43 Å². The molecule has 0 amide bonds. The number of halogens is 1. The molecule has 3 nitrogen and oxygen atoms in total. The predicted molar refractivity (Wildman–Crippen MR) is 95.0 cm³/mol. The molecule has 0 aliphatic carbocycles. The van der Waals surface area contributed by atoms with E-state index in [9.17, 15) is 0 Å². The normalized spacial score (nSPS) is 11.0. The van der Waals surface area contributed by atoms with Gasteiger partial charge in [-0.25, -0.2) is 4.98 Å². The van der Waals surface area contributed by atoms with Crippen molar-refractivity contribution in [1.29, 1.82) is 0 Å². The highest BCUT2D eigenvalue weighted by molar-refractivity contribution is 7.14. The molecule has 0 unspecified atom stereocenters. The van der Waals surface area contributed by atoms with Crippen LogP contribution in [0.5, 0.6) is 0 Å². The third-order valence-corrected chi connectivity index (χ3v) is 4.28. The molecule has 2 aromatic carbocycles. The van der Waals surface area contributed by atoms with Gasteiger partial charge < -0.3 is 0 Å². The average molecular weight is 328 g/mol. The monoisotopic (exact) mass is 327 g/mol. The molecule has 1 N–H and O–H groups in total. The maximum absolute atomic E-state index is 6.18. The Bertz CT molecular complexity index is 811. The highest BCUT2D eigenvalue weighted by atomic mass is 35.5. The van der Waals surface area contributed by atoms with Crippen LogP contribution in [0.25, 0.3) is 11.3 Å². The number of rotatable bonds is 4. The fourth-order valence-electron chi connectivity index (χ4n) is 2.01. The van der Waals surface area contributed by atoms with Crippen molar-refractivity contribution in [2.75, 3.05) is 5.43 Å². The van der Waals surface area contributed by atoms with E-state index in [1.807, 2.05) is 47.8 Å². The lowest BCUT2D eigenvalue weighted by Crippen LogP contribution is -1.92. The summed E-state index contributed by atoms with van der Waals surface area (Å²) in [6.45, 7) is 2.06. The van der Waals surface area contributed by atoms with Gasteiger partial charge in [0.05, 0.1) is 11.9 Å². The van der Waals surface area contributed by atoms with Gasteiger partial charge in [0, 0.05) is 16.0 Å². The van der Waals surface area contributed by atoms with Crippen molar-refractivity contribution in [3.05, 3.63) is 70.1 Å². The summed E-state index contributed by atoms with van der Waals surface area (Å²) in [5, 5.41) is 7.64. The van der Waals surface area contributed by atoms with Gasteiger partial charge >= 0.3 is 0 Å². The van der Waals surface area contributed by atoms with E-state index in [0.29, 0.717) is 5.02 Å². The predicted octanol–water partition coefficient (Wildman–Crippen LogP) is 5.22. The second kappa shape index (κ2) is 6.73. The highest BCUT2D eigenvalue weighted by Crippen LogP contribution is 2.30. The zero-order chi connectivity index (χ0) is 15.4. The molecule has 3 rings (SSSR count). The SMILES string of the molecule is Cc1ccccc1/C=N/Nc1nc(-c2ccccc2Cl)cs1. The number of nitrogens with one attached hydrogen (secondary N) is 1. The van der Waals surface area contributed by atoms with Crippen LogP contribution >= 0.6 is 22.9 Å². The Hall–Kier alpha value is -2.17. The molecule has 5 heteroatoms. The minimum Gasteiger partial charge on any atom is -0.253 e. The molecule has 1 aromatic heterocycles. The summed E-state index contributed by atoms with van der Waals surface area (Å²) in [5.74, 6) is 0. The zero-order valence-electron chi connectivity index (χ0n) is 12.0. The fourth-order valence-corrected chi connectivity index (χ4v) is 2.90. The Kier molecular flexibility index (Phi) is 4.51. The topological polar surface area (TPSA) is 37.3 Å². The smallest absolute Gasteiger partial charge is 0.203 e. The van der Waals surface area contributed by atoms with Gasteiger partial charge in [0.1, 0.15) is 0 Å². The van der Waals surface area contributed by atoms with Crippen LogP contribution < -0.4 is 5.43 Å². The summed E-state index contributed by atoms with van der Waals surface area (Å²) in [4.78, 5) is 4.50. The number of hydrogen-bond donors (Lipinski definition) is 1. The summed E-state index contributed by atoms with van der Waals surface area (Å²) in [7, 11) is 0. The van der Waals surface area contributed by atoms with E-state index in [-0.39, 0.29) is 0 Å². The lowest BCUT2D eigenvalue weighted by atomic mass is 10.1. The van der Waals surface area contributed by atoms with Gasteiger partial charge in [0.25, 0.3) is 0 Å². The molecule has 110 valence electrons. The van der Waals surface area contributed by atoms with Crippen molar-refractivity contribution < 1.29 is 0 Å². The molecule has 22 heavy (non-hydrogen) atoms. The van der Waals surface area contributed by atoms with Gasteiger partial charge in [-0.05, 0) is 24.1 Å². The number of hydrazone groups is 1. The van der Waals surface area contributed by atoms with E-state index in [1.165, 1.54) is 16.9 Å². The van der Waals surface area contributed by atoms with E-state index in [4.69, 9.17) is 11.6 Å². The number of aryl methyl sites for hydroxylation is 1. The van der Waals surface area contributed by atoms with Gasteiger partial charge in [0.15, 0.2) is 0 Å². The Morgan fingerprint density at radius 1 is 1.14 bits per heavy atom. The van der Waals surface area contributed by atoms with Gasteiger partial charge in [-0.2, -0.15) is 5.10 Å². The summed E-state index contributed by atoms with van der Waals surface area (Å²) in [6, 6.07) is 15.8. The Balaban J connectivity index is 1.73. The average Bonchev–Trinajstić information content (AvgIpc) is 2.98. The molecule has 0 bridgehead atoms. The zero-order valence-corrected chi connectivity index (χ0v) is 13.5. The summed E-state index contributed by atoms with van der Waals surface area (Å²) in [5.41, 5.74) is 7.01. The number of nitrogens with zero attached hydrogens (tertiary/aromatic N) is 2. The van der Waals surface area contributed by atoms with Crippen LogP contribution in [0.2, 0.25) is 5.02 Å². The standard InChI is InChI=1S/C17H14ClN3S/c1-12-6-2-3-7-13(12)10-19-21-17-20-16(11-22-17)14-8-4-5-9-15(14)18/h2-11H,1H3,(H,20,21)/b19-10+. The van der Waals surface area contributed by atoms with Crippen molar-refractivity contribution in [2.45, 2.75) is 6.92 Å². The van der Waals surface area contributed by atoms with Crippen LogP contribution in [-0.4, -0.2) is 11.2 Å². The Morgan fingerprint density at radius 2 is 1.91 bits per heavy atom. The molecule has 0 saturated carbocycles. The first-order chi connectivity index (χ1) is 10.7. The molecular weight excluding hydrogens is 314 g/mol. The van der Waals surface area contributed by atoms with Crippen LogP contribution in [0.15, 0.2) is 59.0 Å². The van der Waals surface area contributed by atoms with Crippen LogP contribution in [0.1, 0.15) is 11.1 Å². The lowest BCUT2D eigenvalue weighted by molar-refractivity contribution is 1.28. The van der Waals surface area contributed by atoms with E-state index in [2.05, 4.69) is 28.5 Å². The van der Waals surface area contributed by atoms with Crippen molar-refractivity contribution >= 4 is 34.3 Å². The van der Waals surface area contributed by atoms with E-state index in [1.54, 1.807) is 6.21 Å². The van der Waals surface area contributed by atoms with Crippen molar-refractivity contribution in [3.63, 3.8) is 0 Å². The van der Waals surface area contributed by atoms with Gasteiger partial charge in [-0.1, -0.05) is 54.1 Å². The summed E-state index contributed by atoms with van der Waals surface area (Å²) in [6.07, 6.45) is 1.80. The van der Waals surface area contributed by atoms with Crippen LogP contribution in [-0.2, 0) is 0 Å². The summed E-state index contributed by atoms with van der Waals surface area (Å²) < 4.78 is 0. The number of hydrogen-bond acceptors (Lipinski definition) is 4. The van der Waals surface area contributed by atoms with E-state index < -0.39 is 0 Å². The molecule has 0 spiro atoms. The number of benzene rings is 2. The molecule has 0 aliphatic rings. The highest BCUT2D eigenvalue weighted by Gasteiger charge is 2.07. The molecule has 0 saturated heterocycles. The molecule has 0 atom stereocenters. The van der Waals surface area contributed by atoms with Gasteiger partial charge in [0.2, 0.25) is 5.13 Å². The largest absolute Gasteiger partial charge is 0.253 e. The second-order valence-electron chi connectivity index (χ2n) is 4.74. The first kappa shape index (κ1) is 14.8. The maximum Gasteiger partial charge on any atom is 0.203 e. The van der Waals surface area contributed by atoms with Crippen LogP contribution in [0.4, 0.5) is 5.13 Å². The van der Waals surface area contributed by atoms with Crippen LogP contribution in [0.3, 0.4) is 0 Å². The summed E-state index contributed by atoms with van der Waals surface area (Å²) >= 11 is 7.68. The number of thiazole rings is 1. The van der Waals surface area contributed by atoms with Crippen molar-refractivity contribution in [3.8, 4) is 11.3 Å².